The van der Waals surface area contributed by atoms with Gasteiger partial charge in [-0.05, 0) is 24.0 Å². The summed E-state index contributed by atoms with van der Waals surface area (Å²) in [4.78, 5) is 0. The molecule has 4 N–H and O–H groups in total. The fraction of sp³-hybridized carbons (Fsp3) is 0.800. The predicted molar refractivity (Wildman–Crippen MR) is 142 cm³/mol. The number of aryl methyl sites for hydroxylation is 1. The number of rotatable bonds is 19. The van der Waals surface area contributed by atoms with Crippen LogP contribution in [0.15, 0.2) is 24.3 Å². The minimum Gasteiger partial charge on any atom is -0.394 e. The molecule has 5 heteroatoms. The number of aliphatic hydroxyl groups is 4. The van der Waals surface area contributed by atoms with Gasteiger partial charge in [0.2, 0.25) is 0 Å². The first kappa shape index (κ1) is 30.2. The van der Waals surface area contributed by atoms with E-state index in [-0.39, 0.29) is 0 Å². The van der Waals surface area contributed by atoms with Crippen LogP contribution in [0.5, 0.6) is 0 Å². The molecule has 0 radical (unpaired) electrons. The van der Waals surface area contributed by atoms with Gasteiger partial charge in [-0.2, -0.15) is 0 Å². The van der Waals surface area contributed by atoms with Crippen molar-refractivity contribution in [3.63, 3.8) is 0 Å². The number of benzene rings is 1. The van der Waals surface area contributed by atoms with Crippen LogP contribution in [0, 0.1) is 0 Å². The van der Waals surface area contributed by atoms with E-state index < -0.39 is 37.1 Å². The molecule has 0 spiro atoms. The van der Waals surface area contributed by atoms with E-state index in [4.69, 9.17) is 4.74 Å². The van der Waals surface area contributed by atoms with Crippen LogP contribution in [0.4, 0.5) is 0 Å². The van der Waals surface area contributed by atoms with Crippen LogP contribution in [0.1, 0.15) is 127 Å². The van der Waals surface area contributed by atoms with Gasteiger partial charge in [-0.3, -0.25) is 0 Å². The van der Waals surface area contributed by atoms with Crippen molar-refractivity contribution in [2.75, 3.05) is 6.61 Å². The summed E-state index contributed by atoms with van der Waals surface area (Å²) < 4.78 is 5.78. The molecule has 0 aliphatic carbocycles. The zero-order valence-corrected chi connectivity index (χ0v) is 22.1. The summed E-state index contributed by atoms with van der Waals surface area (Å²) >= 11 is 0. The van der Waals surface area contributed by atoms with Crippen molar-refractivity contribution in [2.24, 2.45) is 0 Å². The van der Waals surface area contributed by atoms with Gasteiger partial charge in [0, 0.05) is 0 Å². The van der Waals surface area contributed by atoms with E-state index in [0.29, 0.717) is 0 Å². The van der Waals surface area contributed by atoms with Gasteiger partial charge in [-0.1, -0.05) is 128 Å². The molecule has 0 amide bonds. The second kappa shape index (κ2) is 18.3. The van der Waals surface area contributed by atoms with E-state index in [2.05, 4.69) is 6.92 Å². The Balaban J connectivity index is 1.56. The molecule has 1 aromatic rings. The van der Waals surface area contributed by atoms with E-state index >= 15 is 0 Å². The molecule has 0 saturated carbocycles. The summed E-state index contributed by atoms with van der Waals surface area (Å²) in [5, 5.41) is 40.2. The number of unbranched alkanes of at least 4 members (excludes halogenated alkanes) is 15. The average molecular weight is 493 g/mol. The van der Waals surface area contributed by atoms with Crippen molar-refractivity contribution < 1.29 is 25.2 Å². The quantitative estimate of drug-likeness (QED) is 0.178. The van der Waals surface area contributed by atoms with Crippen molar-refractivity contribution in [3.05, 3.63) is 35.4 Å². The molecule has 1 aliphatic heterocycles. The van der Waals surface area contributed by atoms with Crippen LogP contribution in [0.2, 0.25) is 0 Å². The molecular formula is C30H52O5. The second-order valence-electron chi connectivity index (χ2n) is 10.5. The minimum atomic E-state index is -1.34. The van der Waals surface area contributed by atoms with Crippen LogP contribution in [0.3, 0.4) is 0 Å². The van der Waals surface area contributed by atoms with E-state index in [9.17, 15) is 20.4 Å². The molecule has 2 rings (SSSR count). The lowest BCUT2D eigenvalue weighted by Crippen LogP contribution is -2.55. The third-order valence-corrected chi connectivity index (χ3v) is 7.55. The lowest BCUT2D eigenvalue weighted by Gasteiger charge is -2.40. The van der Waals surface area contributed by atoms with Crippen LogP contribution in [0.25, 0.3) is 0 Å². The van der Waals surface area contributed by atoms with Crippen LogP contribution in [-0.4, -0.2) is 51.4 Å². The molecule has 202 valence electrons. The lowest BCUT2D eigenvalue weighted by molar-refractivity contribution is -0.231. The maximum absolute atomic E-state index is 10.5. The van der Waals surface area contributed by atoms with Gasteiger partial charge in [0.05, 0.1) is 6.61 Å². The van der Waals surface area contributed by atoms with Crippen LogP contribution in [-0.2, 0) is 11.2 Å². The highest BCUT2D eigenvalue weighted by Crippen LogP contribution is 2.34. The van der Waals surface area contributed by atoms with Gasteiger partial charge in [0.25, 0.3) is 0 Å². The number of aliphatic hydroxyl groups excluding tert-OH is 4. The first-order valence-corrected chi connectivity index (χ1v) is 14.5. The van der Waals surface area contributed by atoms with Gasteiger partial charge >= 0.3 is 0 Å². The fourth-order valence-corrected chi connectivity index (χ4v) is 5.26. The number of ether oxygens (including phenoxy) is 1. The first-order chi connectivity index (χ1) is 17.1. The molecule has 1 aliphatic rings. The molecule has 0 bridgehead atoms. The molecule has 5 atom stereocenters. The standard InChI is InChI=1S/C30H52O5/c1-2-3-4-5-6-7-8-9-10-11-12-13-14-15-16-17-20-24-21-18-19-22-25(24)30-29(34)28(33)27(32)26(23-31)35-30/h18-19,21-22,26-34H,2-17,20,23H2,1H3/t26-,27-,28+,29-,30?/m1/s1. The Labute approximate surface area is 213 Å². The Morgan fingerprint density at radius 1 is 0.629 bits per heavy atom. The molecule has 1 heterocycles. The zero-order chi connectivity index (χ0) is 25.3. The molecule has 35 heavy (non-hydrogen) atoms. The predicted octanol–water partition coefficient (Wildman–Crippen LogP) is 6.01. The lowest BCUT2D eigenvalue weighted by atomic mass is 9.88. The summed E-state index contributed by atoms with van der Waals surface area (Å²) in [6.07, 6.45) is 16.9. The van der Waals surface area contributed by atoms with E-state index in [0.717, 1.165) is 24.0 Å². The van der Waals surface area contributed by atoms with Gasteiger partial charge < -0.3 is 25.2 Å². The summed E-state index contributed by atoms with van der Waals surface area (Å²) in [6, 6.07) is 7.83. The van der Waals surface area contributed by atoms with Gasteiger partial charge in [0.1, 0.15) is 30.5 Å². The molecule has 1 unspecified atom stereocenters. The second-order valence-corrected chi connectivity index (χ2v) is 10.5. The maximum atomic E-state index is 10.5. The summed E-state index contributed by atoms with van der Waals surface area (Å²) in [5.74, 6) is 0. The van der Waals surface area contributed by atoms with Crippen molar-refractivity contribution in [1.29, 1.82) is 0 Å². The third kappa shape index (κ3) is 10.9. The molecular weight excluding hydrogens is 440 g/mol. The normalized spacial score (nSPS) is 24.7. The number of hydrogen-bond acceptors (Lipinski definition) is 5. The molecule has 1 aromatic carbocycles. The monoisotopic (exact) mass is 492 g/mol. The summed E-state index contributed by atoms with van der Waals surface area (Å²) in [7, 11) is 0. The molecule has 0 aromatic heterocycles. The topological polar surface area (TPSA) is 90.2 Å². The van der Waals surface area contributed by atoms with Crippen molar-refractivity contribution in [1.82, 2.24) is 0 Å². The Hall–Kier alpha value is -0.980. The average Bonchev–Trinajstić information content (AvgIpc) is 2.87. The number of hydrogen-bond donors (Lipinski definition) is 4. The van der Waals surface area contributed by atoms with Gasteiger partial charge in [-0.15, -0.1) is 0 Å². The highest BCUT2D eigenvalue weighted by Gasteiger charge is 2.44. The smallest absolute Gasteiger partial charge is 0.113 e. The van der Waals surface area contributed by atoms with Crippen molar-refractivity contribution >= 4 is 0 Å². The van der Waals surface area contributed by atoms with Gasteiger partial charge in [-0.25, -0.2) is 0 Å². The van der Waals surface area contributed by atoms with Crippen molar-refractivity contribution in [3.8, 4) is 0 Å². The molecule has 5 nitrogen and oxygen atoms in total. The van der Waals surface area contributed by atoms with E-state index in [1.807, 2.05) is 24.3 Å². The largest absolute Gasteiger partial charge is 0.394 e. The molecule has 1 fully saturated rings. The summed E-state index contributed by atoms with van der Waals surface area (Å²) in [6.45, 7) is 1.87. The van der Waals surface area contributed by atoms with Crippen LogP contribution < -0.4 is 0 Å². The zero-order valence-electron chi connectivity index (χ0n) is 22.1. The summed E-state index contributed by atoms with van der Waals surface area (Å²) in [5.41, 5.74) is 1.94. The Morgan fingerprint density at radius 2 is 1.11 bits per heavy atom. The first-order valence-electron chi connectivity index (χ1n) is 14.5. The third-order valence-electron chi connectivity index (χ3n) is 7.55. The maximum Gasteiger partial charge on any atom is 0.113 e. The Morgan fingerprint density at radius 3 is 1.63 bits per heavy atom. The van der Waals surface area contributed by atoms with E-state index in [1.165, 1.54) is 96.3 Å². The minimum absolute atomic E-state index is 0.400. The SMILES string of the molecule is CCCCCCCCCCCCCCCCCCc1ccccc1C1O[C@H](CO)[C@@H](O)[C@H](O)[C@H]1O. The molecule has 1 saturated heterocycles. The van der Waals surface area contributed by atoms with E-state index in [1.54, 1.807) is 0 Å². The highest BCUT2D eigenvalue weighted by molar-refractivity contribution is 5.31. The highest BCUT2D eigenvalue weighted by atomic mass is 16.5. The Bertz CT molecular complexity index is 649. The Kier molecular flexibility index (Phi) is 15.8. The fourth-order valence-electron chi connectivity index (χ4n) is 5.26. The van der Waals surface area contributed by atoms with Gasteiger partial charge in [0.15, 0.2) is 0 Å². The van der Waals surface area contributed by atoms with Crippen LogP contribution >= 0.6 is 0 Å². The van der Waals surface area contributed by atoms with Crippen molar-refractivity contribution in [2.45, 2.75) is 147 Å².